The van der Waals surface area contributed by atoms with Crippen LogP contribution in [0.5, 0.6) is 5.75 Å². The van der Waals surface area contributed by atoms with Gasteiger partial charge in [0.05, 0.1) is 17.0 Å². The van der Waals surface area contributed by atoms with Gasteiger partial charge in [-0.1, -0.05) is 24.3 Å². The second-order valence-electron chi connectivity index (χ2n) is 6.21. The topological polar surface area (TPSA) is 112 Å². The van der Waals surface area contributed by atoms with Crippen molar-refractivity contribution in [3.63, 3.8) is 0 Å². The van der Waals surface area contributed by atoms with Crippen LogP contribution in [0.25, 0.3) is 10.8 Å². The maximum atomic E-state index is 12.9. The first-order valence-corrected chi connectivity index (χ1v) is 9.38. The lowest BCUT2D eigenvalue weighted by Gasteiger charge is -2.27. The number of nitrogens with zero attached hydrogens (tertiary/aromatic N) is 1. The third-order valence-corrected chi connectivity index (χ3v) is 5.31. The number of benzene rings is 3. The van der Waals surface area contributed by atoms with E-state index in [9.17, 15) is 27.7 Å². The van der Waals surface area contributed by atoms with Gasteiger partial charge in [0.1, 0.15) is 5.75 Å². The van der Waals surface area contributed by atoms with E-state index in [2.05, 4.69) is 0 Å². The molecule has 136 valence electrons. The zero-order valence-corrected chi connectivity index (χ0v) is 14.6. The molecule has 0 unspecified atom stereocenters. The number of imide groups is 1. The van der Waals surface area contributed by atoms with Crippen LogP contribution in [-0.4, -0.2) is 34.8 Å². The summed E-state index contributed by atoms with van der Waals surface area (Å²) >= 11 is 0. The van der Waals surface area contributed by atoms with Crippen LogP contribution in [-0.2, 0) is 16.7 Å². The number of phenolic OH excluding ortho intramolecular Hbond substituents is 1. The molecular formula is C19H13NO6S. The van der Waals surface area contributed by atoms with Crippen molar-refractivity contribution in [2.75, 3.05) is 0 Å². The Bertz CT molecular complexity index is 1210. The van der Waals surface area contributed by atoms with Gasteiger partial charge >= 0.3 is 0 Å². The minimum Gasteiger partial charge on any atom is -0.508 e. The second kappa shape index (κ2) is 5.90. The highest BCUT2D eigenvalue weighted by atomic mass is 32.2. The molecule has 2 amide bonds. The van der Waals surface area contributed by atoms with Crippen LogP contribution in [0.2, 0.25) is 0 Å². The van der Waals surface area contributed by atoms with Crippen LogP contribution in [0.3, 0.4) is 0 Å². The predicted molar refractivity (Wildman–Crippen MR) is 96.1 cm³/mol. The van der Waals surface area contributed by atoms with Crippen molar-refractivity contribution in [1.82, 2.24) is 4.90 Å². The summed E-state index contributed by atoms with van der Waals surface area (Å²) in [7, 11) is -4.52. The fourth-order valence-electron chi connectivity index (χ4n) is 3.21. The van der Waals surface area contributed by atoms with E-state index in [1.807, 2.05) is 0 Å². The van der Waals surface area contributed by atoms with E-state index in [0.29, 0.717) is 16.3 Å². The number of aromatic hydroxyl groups is 1. The normalized spacial score (nSPS) is 14.0. The van der Waals surface area contributed by atoms with E-state index in [1.54, 1.807) is 30.3 Å². The molecule has 0 aromatic heterocycles. The molecular weight excluding hydrogens is 370 g/mol. The average Bonchev–Trinajstić information content (AvgIpc) is 2.63. The van der Waals surface area contributed by atoms with Gasteiger partial charge < -0.3 is 5.11 Å². The molecule has 0 bridgehead atoms. The van der Waals surface area contributed by atoms with Crippen molar-refractivity contribution in [2.24, 2.45) is 0 Å². The highest BCUT2D eigenvalue weighted by Crippen LogP contribution is 2.33. The number of rotatable bonds is 3. The van der Waals surface area contributed by atoms with Gasteiger partial charge in [0.25, 0.3) is 21.9 Å². The summed E-state index contributed by atoms with van der Waals surface area (Å²) in [5.41, 5.74) is 0.938. The SMILES string of the molecule is O=C1c2cccc3cc(S(=O)(=O)O)cc(c23)C(=O)N1Cc1ccc(O)cc1. The minimum absolute atomic E-state index is 0.0362. The van der Waals surface area contributed by atoms with Crippen LogP contribution in [0, 0.1) is 0 Å². The molecule has 1 heterocycles. The Kier molecular flexibility index (Phi) is 3.76. The number of amides is 2. The third-order valence-electron chi connectivity index (χ3n) is 4.48. The molecule has 0 saturated heterocycles. The Labute approximate surface area is 154 Å². The van der Waals surface area contributed by atoms with Crippen LogP contribution in [0.1, 0.15) is 26.3 Å². The van der Waals surface area contributed by atoms with Gasteiger partial charge in [-0.25, -0.2) is 0 Å². The van der Waals surface area contributed by atoms with Crippen LogP contribution in [0.15, 0.2) is 59.5 Å². The Morgan fingerprint density at radius 3 is 2.22 bits per heavy atom. The van der Waals surface area contributed by atoms with Crippen molar-refractivity contribution in [3.05, 3.63) is 71.3 Å². The lowest BCUT2D eigenvalue weighted by molar-refractivity contribution is 0.0598. The molecule has 1 aliphatic rings. The Morgan fingerprint density at radius 1 is 0.889 bits per heavy atom. The first-order chi connectivity index (χ1) is 12.8. The van der Waals surface area contributed by atoms with Gasteiger partial charge in [0, 0.05) is 10.9 Å². The van der Waals surface area contributed by atoms with Crippen molar-refractivity contribution in [1.29, 1.82) is 0 Å². The summed E-state index contributed by atoms with van der Waals surface area (Å²) in [6.45, 7) is -0.0378. The first-order valence-electron chi connectivity index (χ1n) is 7.94. The molecule has 7 nitrogen and oxygen atoms in total. The third kappa shape index (κ3) is 2.84. The number of carbonyl (C=O) groups excluding carboxylic acids is 2. The summed E-state index contributed by atoms with van der Waals surface area (Å²) < 4.78 is 32.5. The standard InChI is InChI=1S/C19H13NO6S/c21-13-6-4-11(5-7-13)10-20-18(22)15-3-1-2-12-8-14(27(24,25)26)9-16(17(12)15)19(20)23/h1-9,21H,10H2,(H,24,25,26). The van der Waals surface area contributed by atoms with Crippen molar-refractivity contribution >= 4 is 32.7 Å². The largest absolute Gasteiger partial charge is 0.508 e. The summed E-state index contributed by atoms with van der Waals surface area (Å²) in [5, 5.41) is 10.1. The molecule has 3 aromatic carbocycles. The van der Waals surface area contributed by atoms with Crippen molar-refractivity contribution in [2.45, 2.75) is 11.4 Å². The Morgan fingerprint density at radius 2 is 1.56 bits per heavy atom. The van der Waals surface area contributed by atoms with Gasteiger partial charge in [-0.15, -0.1) is 0 Å². The molecule has 8 heteroatoms. The molecule has 0 radical (unpaired) electrons. The second-order valence-corrected chi connectivity index (χ2v) is 7.63. The van der Waals surface area contributed by atoms with E-state index in [1.165, 1.54) is 18.2 Å². The molecule has 0 fully saturated rings. The lowest BCUT2D eigenvalue weighted by Crippen LogP contribution is -2.39. The number of hydrogen-bond acceptors (Lipinski definition) is 5. The number of phenols is 1. The molecule has 1 aliphatic heterocycles. The van der Waals surface area contributed by atoms with Crippen molar-refractivity contribution in [3.8, 4) is 5.75 Å². The van der Waals surface area contributed by atoms with E-state index in [0.717, 1.165) is 11.0 Å². The van der Waals surface area contributed by atoms with Gasteiger partial charge in [-0.2, -0.15) is 8.42 Å². The fourth-order valence-corrected chi connectivity index (χ4v) is 3.75. The smallest absolute Gasteiger partial charge is 0.294 e. The maximum absolute atomic E-state index is 12.9. The monoisotopic (exact) mass is 383 g/mol. The highest BCUT2D eigenvalue weighted by Gasteiger charge is 2.34. The number of carbonyl (C=O) groups is 2. The van der Waals surface area contributed by atoms with Crippen molar-refractivity contribution < 1.29 is 27.7 Å². The fraction of sp³-hybridized carbons (Fsp3) is 0.0526. The molecule has 2 N–H and O–H groups in total. The number of hydrogen-bond donors (Lipinski definition) is 2. The molecule has 4 rings (SSSR count). The van der Waals surface area contributed by atoms with Crippen LogP contribution >= 0.6 is 0 Å². The minimum atomic E-state index is -4.52. The molecule has 0 atom stereocenters. The zero-order chi connectivity index (χ0) is 19.3. The van der Waals surface area contributed by atoms with E-state index >= 15 is 0 Å². The van der Waals surface area contributed by atoms with Gasteiger partial charge in [-0.05, 0) is 41.3 Å². The van der Waals surface area contributed by atoms with Crippen LogP contribution < -0.4 is 0 Å². The molecule has 27 heavy (non-hydrogen) atoms. The Balaban J connectivity index is 1.88. The summed E-state index contributed by atoms with van der Waals surface area (Å²) in [6.07, 6.45) is 0. The first kappa shape index (κ1) is 17.2. The summed E-state index contributed by atoms with van der Waals surface area (Å²) in [5.74, 6) is -1.09. The molecule has 0 saturated carbocycles. The molecule has 0 spiro atoms. The maximum Gasteiger partial charge on any atom is 0.294 e. The van der Waals surface area contributed by atoms with Gasteiger partial charge in [-0.3, -0.25) is 19.0 Å². The predicted octanol–water partition coefficient (Wildman–Crippen LogP) is 2.59. The zero-order valence-electron chi connectivity index (χ0n) is 13.8. The van der Waals surface area contributed by atoms with E-state index in [4.69, 9.17) is 0 Å². The van der Waals surface area contributed by atoms with E-state index < -0.39 is 26.8 Å². The molecule has 0 aliphatic carbocycles. The quantitative estimate of drug-likeness (QED) is 0.531. The van der Waals surface area contributed by atoms with E-state index in [-0.39, 0.29) is 23.4 Å². The van der Waals surface area contributed by atoms with Gasteiger partial charge in [0.15, 0.2) is 0 Å². The highest BCUT2D eigenvalue weighted by molar-refractivity contribution is 7.85. The Hall–Kier alpha value is -3.23. The lowest BCUT2D eigenvalue weighted by atomic mass is 9.94. The summed E-state index contributed by atoms with van der Waals surface area (Å²) in [6, 6.07) is 13.1. The van der Waals surface area contributed by atoms with Gasteiger partial charge in [0.2, 0.25) is 0 Å². The summed E-state index contributed by atoms with van der Waals surface area (Å²) in [4.78, 5) is 26.4. The average molecular weight is 383 g/mol. The van der Waals surface area contributed by atoms with Crippen LogP contribution in [0.4, 0.5) is 0 Å². The molecule has 3 aromatic rings.